The standard InChI is InChI=1S/C12H15BrN4/c1-17-8-9(7-16-17)4-5-15-12-3-2-10(13)6-11(12)14/h2-3,6-8,15H,4-5,14H2,1H3. The summed E-state index contributed by atoms with van der Waals surface area (Å²) < 4.78 is 2.80. The van der Waals surface area contributed by atoms with Crippen molar-refractivity contribution in [2.75, 3.05) is 17.6 Å². The average molecular weight is 295 g/mol. The normalized spacial score (nSPS) is 10.5. The van der Waals surface area contributed by atoms with Gasteiger partial charge in [-0.2, -0.15) is 5.10 Å². The second-order valence-corrected chi connectivity index (χ2v) is 4.85. The van der Waals surface area contributed by atoms with E-state index in [4.69, 9.17) is 5.73 Å². The van der Waals surface area contributed by atoms with Crippen LogP contribution in [0.3, 0.4) is 0 Å². The number of anilines is 2. The summed E-state index contributed by atoms with van der Waals surface area (Å²) in [6.07, 6.45) is 4.84. The lowest BCUT2D eigenvalue weighted by Crippen LogP contribution is -2.06. The number of nitrogens with two attached hydrogens (primary N) is 1. The summed E-state index contributed by atoms with van der Waals surface area (Å²) in [6.45, 7) is 0.845. The molecule has 0 saturated heterocycles. The summed E-state index contributed by atoms with van der Waals surface area (Å²) in [7, 11) is 1.92. The van der Waals surface area contributed by atoms with Crippen molar-refractivity contribution in [2.24, 2.45) is 7.05 Å². The fourth-order valence-electron chi connectivity index (χ4n) is 1.64. The lowest BCUT2D eigenvalue weighted by molar-refractivity contribution is 0.767. The van der Waals surface area contributed by atoms with Gasteiger partial charge in [-0.15, -0.1) is 0 Å². The number of hydrogen-bond acceptors (Lipinski definition) is 3. The third-order valence-electron chi connectivity index (χ3n) is 2.50. The molecule has 1 aromatic carbocycles. The molecule has 0 unspecified atom stereocenters. The van der Waals surface area contributed by atoms with E-state index in [-0.39, 0.29) is 0 Å². The summed E-state index contributed by atoms with van der Waals surface area (Å²) in [5.41, 5.74) is 8.84. The fraction of sp³-hybridized carbons (Fsp3) is 0.250. The van der Waals surface area contributed by atoms with Crippen LogP contribution < -0.4 is 11.1 Å². The third-order valence-corrected chi connectivity index (χ3v) is 2.99. The first-order valence-electron chi connectivity index (χ1n) is 5.41. The van der Waals surface area contributed by atoms with E-state index in [0.29, 0.717) is 0 Å². The Morgan fingerprint density at radius 3 is 2.94 bits per heavy atom. The van der Waals surface area contributed by atoms with Gasteiger partial charge in [-0.25, -0.2) is 0 Å². The minimum atomic E-state index is 0.755. The topological polar surface area (TPSA) is 55.9 Å². The molecule has 90 valence electrons. The SMILES string of the molecule is Cn1cc(CCNc2ccc(Br)cc2N)cn1. The molecule has 0 amide bonds. The first kappa shape index (κ1) is 12.0. The molecule has 0 aliphatic rings. The molecule has 5 heteroatoms. The number of rotatable bonds is 4. The van der Waals surface area contributed by atoms with E-state index in [1.54, 1.807) is 0 Å². The van der Waals surface area contributed by atoms with Crippen molar-refractivity contribution in [1.29, 1.82) is 0 Å². The molecule has 0 radical (unpaired) electrons. The fourth-order valence-corrected chi connectivity index (χ4v) is 2.02. The van der Waals surface area contributed by atoms with E-state index in [2.05, 4.69) is 26.3 Å². The molecule has 0 aliphatic carbocycles. The molecule has 0 bridgehead atoms. The largest absolute Gasteiger partial charge is 0.397 e. The molecule has 0 spiro atoms. The molecule has 1 heterocycles. The smallest absolute Gasteiger partial charge is 0.0574 e. The molecular formula is C12H15BrN4. The molecule has 2 aromatic rings. The highest BCUT2D eigenvalue weighted by Gasteiger charge is 2.00. The van der Waals surface area contributed by atoms with E-state index < -0.39 is 0 Å². The Morgan fingerprint density at radius 2 is 2.29 bits per heavy atom. The number of aromatic nitrogens is 2. The van der Waals surface area contributed by atoms with Crippen molar-refractivity contribution in [2.45, 2.75) is 6.42 Å². The van der Waals surface area contributed by atoms with Crippen LogP contribution in [0.25, 0.3) is 0 Å². The van der Waals surface area contributed by atoms with Crippen LogP contribution in [-0.2, 0) is 13.5 Å². The number of nitrogen functional groups attached to an aromatic ring is 1. The lowest BCUT2D eigenvalue weighted by Gasteiger charge is -2.08. The number of aryl methyl sites for hydroxylation is 1. The monoisotopic (exact) mass is 294 g/mol. The van der Waals surface area contributed by atoms with E-state index in [9.17, 15) is 0 Å². The number of hydrogen-bond donors (Lipinski definition) is 2. The minimum Gasteiger partial charge on any atom is -0.397 e. The van der Waals surface area contributed by atoms with Crippen LogP contribution in [0, 0.1) is 0 Å². The maximum atomic E-state index is 5.90. The van der Waals surface area contributed by atoms with E-state index in [0.717, 1.165) is 28.8 Å². The number of halogens is 1. The Labute approximate surface area is 109 Å². The number of nitrogens with one attached hydrogen (secondary N) is 1. The Hall–Kier alpha value is -1.49. The zero-order valence-electron chi connectivity index (χ0n) is 9.65. The van der Waals surface area contributed by atoms with Crippen molar-refractivity contribution in [3.05, 3.63) is 40.6 Å². The summed E-state index contributed by atoms with van der Waals surface area (Å²) >= 11 is 3.39. The molecule has 1 aromatic heterocycles. The summed E-state index contributed by atoms with van der Waals surface area (Å²) in [5, 5.41) is 7.44. The summed E-state index contributed by atoms with van der Waals surface area (Å²) in [5.74, 6) is 0. The highest BCUT2D eigenvalue weighted by Crippen LogP contribution is 2.22. The van der Waals surface area contributed by atoms with Gasteiger partial charge in [0.05, 0.1) is 17.6 Å². The van der Waals surface area contributed by atoms with Crippen LogP contribution in [0.4, 0.5) is 11.4 Å². The van der Waals surface area contributed by atoms with Crippen molar-refractivity contribution in [3.63, 3.8) is 0 Å². The van der Waals surface area contributed by atoms with E-state index >= 15 is 0 Å². The predicted octanol–water partition coefficient (Wildman–Crippen LogP) is 2.42. The second-order valence-electron chi connectivity index (χ2n) is 3.93. The van der Waals surface area contributed by atoms with Crippen molar-refractivity contribution in [1.82, 2.24) is 9.78 Å². The van der Waals surface area contributed by atoms with Gasteiger partial charge >= 0.3 is 0 Å². The third kappa shape index (κ3) is 3.23. The van der Waals surface area contributed by atoms with Gasteiger partial charge in [0, 0.05) is 24.3 Å². The maximum Gasteiger partial charge on any atom is 0.0574 e. The zero-order chi connectivity index (χ0) is 12.3. The van der Waals surface area contributed by atoms with Crippen molar-refractivity contribution < 1.29 is 0 Å². The van der Waals surface area contributed by atoms with Gasteiger partial charge in [-0.05, 0) is 30.2 Å². The molecule has 2 rings (SSSR count). The number of benzene rings is 1. The first-order valence-corrected chi connectivity index (χ1v) is 6.21. The Bertz CT molecular complexity index is 507. The lowest BCUT2D eigenvalue weighted by atomic mass is 10.2. The van der Waals surface area contributed by atoms with Gasteiger partial charge in [-0.3, -0.25) is 4.68 Å². The Balaban J connectivity index is 1.90. The van der Waals surface area contributed by atoms with Gasteiger partial charge in [0.1, 0.15) is 0 Å². The van der Waals surface area contributed by atoms with Crippen LogP contribution in [0.2, 0.25) is 0 Å². The first-order chi connectivity index (χ1) is 8.15. The minimum absolute atomic E-state index is 0.755. The van der Waals surface area contributed by atoms with E-state index in [1.807, 2.05) is 42.3 Å². The van der Waals surface area contributed by atoms with Gasteiger partial charge in [0.2, 0.25) is 0 Å². The van der Waals surface area contributed by atoms with E-state index in [1.165, 1.54) is 5.56 Å². The molecule has 17 heavy (non-hydrogen) atoms. The zero-order valence-corrected chi connectivity index (χ0v) is 11.2. The van der Waals surface area contributed by atoms with Crippen molar-refractivity contribution in [3.8, 4) is 0 Å². The van der Waals surface area contributed by atoms with Gasteiger partial charge in [0.15, 0.2) is 0 Å². The molecule has 0 atom stereocenters. The maximum absolute atomic E-state index is 5.90. The van der Waals surface area contributed by atoms with Crippen LogP contribution in [-0.4, -0.2) is 16.3 Å². The average Bonchev–Trinajstić information content (AvgIpc) is 2.68. The van der Waals surface area contributed by atoms with Crippen LogP contribution in [0.15, 0.2) is 35.1 Å². The molecule has 4 nitrogen and oxygen atoms in total. The van der Waals surface area contributed by atoms with Crippen molar-refractivity contribution >= 4 is 27.3 Å². The molecular weight excluding hydrogens is 280 g/mol. The van der Waals surface area contributed by atoms with Crippen LogP contribution in [0.5, 0.6) is 0 Å². The summed E-state index contributed by atoms with van der Waals surface area (Å²) in [6, 6.07) is 5.85. The predicted molar refractivity (Wildman–Crippen MR) is 74.0 cm³/mol. The Kier molecular flexibility index (Phi) is 3.68. The van der Waals surface area contributed by atoms with Gasteiger partial charge in [-0.1, -0.05) is 15.9 Å². The number of nitrogens with zero attached hydrogens (tertiary/aromatic N) is 2. The quantitative estimate of drug-likeness (QED) is 0.852. The Morgan fingerprint density at radius 1 is 1.47 bits per heavy atom. The second kappa shape index (κ2) is 5.23. The molecule has 0 aliphatic heterocycles. The highest BCUT2D eigenvalue weighted by molar-refractivity contribution is 9.10. The molecule has 3 N–H and O–H groups in total. The summed E-state index contributed by atoms with van der Waals surface area (Å²) in [4.78, 5) is 0. The van der Waals surface area contributed by atoms with Crippen LogP contribution >= 0.6 is 15.9 Å². The van der Waals surface area contributed by atoms with Gasteiger partial charge in [0.25, 0.3) is 0 Å². The molecule has 0 saturated carbocycles. The molecule has 0 fully saturated rings. The van der Waals surface area contributed by atoms with Crippen LogP contribution in [0.1, 0.15) is 5.56 Å². The highest BCUT2D eigenvalue weighted by atomic mass is 79.9. The van der Waals surface area contributed by atoms with Gasteiger partial charge < -0.3 is 11.1 Å².